The van der Waals surface area contributed by atoms with Crippen LogP contribution in [0, 0.1) is 0 Å². The SMILES string of the molecule is CC(Cc1cccnc1)c1cccnc1. The topological polar surface area (TPSA) is 25.8 Å². The van der Waals surface area contributed by atoms with Gasteiger partial charge in [-0.15, -0.1) is 0 Å². The Bertz CT molecular complexity index is 397. The molecular weight excluding hydrogens is 184 g/mol. The third-order valence-corrected chi connectivity index (χ3v) is 2.52. The van der Waals surface area contributed by atoms with E-state index in [9.17, 15) is 0 Å². The van der Waals surface area contributed by atoms with Crippen LogP contribution in [0.1, 0.15) is 24.0 Å². The number of aromatic nitrogens is 2. The Morgan fingerprint density at radius 1 is 1.07 bits per heavy atom. The third kappa shape index (κ3) is 2.62. The largest absolute Gasteiger partial charge is 0.264 e. The van der Waals surface area contributed by atoms with Gasteiger partial charge in [-0.25, -0.2) is 0 Å². The highest BCUT2D eigenvalue weighted by Gasteiger charge is 2.05. The maximum atomic E-state index is 4.13. The third-order valence-electron chi connectivity index (χ3n) is 2.52. The zero-order chi connectivity index (χ0) is 10.5. The second-order valence-electron chi connectivity index (χ2n) is 3.75. The minimum absolute atomic E-state index is 0.489. The predicted octanol–water partition coefficient (Wildman–Crippen LogP) is 2.82. The predicted molar refractivity (Wildman–Crippen MR) is 60.6 cm³/mol. The standard InChI is InChI=1S/C13H14N2/c1-11(13-5-3-7-15-10-13)8-12-4-2-6-14-9-12/h2-7,9-11H,8H2,1H3. The molecule has 0 aromatic carbocycles. The van der Waals surface area contributed by atoms with Crippen molar-refractivity contribution < 1.29 is 0 Å². The lowest BCUT2D eigenvalue weighted by Gasteiger charge is -2.10. The molecule has 2 heterocycles. The van der Waals surface area contributed by atoms with Crippen LogP contribution in [0.3, 0.4) is 0 Å². The number of nitrogens with zero attached hydrogens (tertiary/aromatic N) is 2. The Balaban J connectivity index is 2.08. The van der Waals surface area contributed by atoms with Crippen LogP contribution in [0.5, 0.6) is 0 Å². The molecule has 0 amide bonds. The minimum atomic E-state index is 0.489. The average Bonchev–Trinajstić information content (AvgIpc) is 2.31. The first-order valence-electron chi connectivity index (χ1n) is 5.15. The lowest BCUT2D eigenvalue weighted by Crippen LogP contribution is -1.98. The fourth-order valence-corrected chi connectivity index (χ4v) is 1.66. The van der Waals surface area contributed by atoms with Crippen LogP contribution >= 0.6 is 0 Å². The summed E-state index contributed by atoms with van der Waals surface area (Å²) >= 11 is 0. The van der Waals surface area contributed by atoms with Gasteiger partial charge in [0, 0.05) is 24.8 Å². The first-order chi connectivity index (χ1) is 7.36. The highest BCUT2D eigenvalue weighted by atomic mass is 14.6. The van der Waals surface area contributed by atoms with Gasteiger partial charge in [0.15, 0.2) is 0 Å². The van der Waals surface area contributed by atoms with Gasteiger partial charge in [0.2, 0.25) is 0 Å². The van der Waals surface area contributed by atoms with Gasteiger partial charge in [-0.2, -0.15) is 0 Å². The molecule has 1 unspecified atom stereocenters. The van der Waals surface area contributed by atoms with Crippen LogP contribution in [0.4, 0.5) is 0 Å². The van der Waals surface area contributed by atoms with E-state index in [0.717, 1.165) is 6.42 Å². The monoisotopic (exact) mass is 198 g/mol. The van der Waals surface area contributed by atoms with Gasteiger partial charge in [-0.3, -0.25) is 9.97 Å². The molecule has 0 spiro atoms. The Morgan fingerprint density at radius 2 is 1.80 bits per heavy atom. The number of rotatable bonds is 3. The van der Waals surface area contributed by atoms with Crippen molar-refractivity contribution >= 4 is 0 Å². The Hall–Kier alpha value is -1.70. The Labute approximate surface area is 90.0 Å². The second-order valence-corrected chi connectivity index (χ2v) is 3.75. The highest BCUT2D eigenvalue weighted by molar-refractivity contribution is 5.18. The molecule has 0 aliphatic rings. The van der Waals surface area contributed by atoms with E-state index in [1.165, 1.54) is 11.1 Å². The van der Waals surface area contributed by atoms with E-state index < -0.39 is 0 Å². The lowest BCUT2D eigenvalue weighted by molar-refractivity contribution is 0.752. The van der Waals surface area contributed by atoms with Crippen molar-refractivity contribution in [1.82, 2.24) is 9.97 Å². The van der Waals surface area contributed by atoms with Gasteiger partial charge in [-0.05, 0) is 35.6 Å². The highest BCUT2D eigenvalue weighted by Crippen LogP contribution is 2.18. The molecule has 0 aliphatic carbocycles. The molecule has 0 radical (unpaired) electrons. The van der Waals surface area contributed by atoms with Crippen LogP contribution in [0.2, 0.25) is 0 Å². The van der Waals surface area contributed by atoms with E-state index in [2.05, 4.69) is 29.0 Å². The molecule has 0 fully saturated rings. The van der Waals surface area contributed by atoms with Crippen molar-refractivity contribution in [2.75, 3.05) is 0 Å². The molecule has 0 bridgehead atoms. The van der Waals surface area contributed by atoms with E-state index in [-0.39, 0.29) is 0 Å². The summed E-state index contributed by atoms with van der Waals surface area (Å²) in [6.45, 7) is 2.21. The summed E-state index contributed by atoms with van der Waals surface area (Å²) in [6, 6.07) is 8.19. The normalized spacial score (nSPS) is 12.3. The van der Waals surface area contributed by atoms with Gasteiger partial charge >= 0.3 is 0 Å². The van der Waals surface area contributed by atoms with E-state index in [0.29, 0.717) is 5.92 Å². The summed E-state index contributed by atoms with van der Waals surface area (Å²) in [4.78, 5) is 8.25. The molecule has 0 aliphatic heterocycles. The van der Waals surface area contributed by atoms with E-state index in [4.69, 9.17) is 0 Å². The van der Waals surface area contributed by atoms with E-state index in [1.807, 2.05) is 24.5 Å². The summed E-state index contributed by atoms with van der Waals surface area (Å²) in [7, 11) is 0. The fourth-order valence-electron chi connectivity index (χ4n) is 1.66. The van der Waals surface area contributed by atoms with Crippen molar-refractivity contribution in [3.8, 4) is 0 Å². The van der Waals surface area contributed by atoms with Crippen molar-refractivity contribution in [2.45, 2.75) is 19.3 Å². The van der Waals surface area contributed by atoms with Gasteiger partial charge in [0.1, 0.15) is 0 Å². The Kier molecular flexibility index (Phi) is 3.08. The molecule has 2 rings (SSSR count). The maximum absolute atomic E-state index is 4.13. The van der Waals surface area contributed by atoms with Crippen LogP contribution in [0.25, 0.3) is 0 Å². The van der Waals surface area contributed by atoms with Crippen LogP contribution in [-0.2, 0) is 6.42 Å². The molecule has 2 nitrogen and oxygen atoms in total. The average molecular weight is 198 g/mol. The number of hydrogen-bond donors (Lipinski definition) is 0. The van der Waals surface area contributed by atoms with Crippen molar-refractivity contribution in [3.63, 3.8) is 0 Å². The van der Waals surface area contributed by atoms with Crippen LogP contribution in [0.15, 0.2) is 49.1 Å². The summed E-state index contributed by atoms with van der Waals surface area (Å²) in [5.41, 5.74) is 2.55. The second kappa shape index (κ2) is 4.69. The zero-order valence-electron chi connectivity index (χ0n) is 8.80. The molecule has 0 N–H and O–H groups in total. The maximum Gasteiger partial charge on any atom is 0.0302 e. The summed E-state index contributed by atoms with van der Waals surface area (Å²) in [5, 5.41) is 0. The number of pyridine rings is 2. The zero-order valence-corrected chi connectivity index (χ0v) is 8.80. The minimum Gasteiger partial charge on any atom is -0.264 e. The molecule has 2 heteroatoms. The Morgan fingerprint density at radius 3 is 2.40 bits per heavy atom. The van der Waals surface area contributed by atoms with Gasteiger partial charge in [-0.1, -0.05) is 19.1 Å². The smallest absolute Gasteiger partial charge is 0.0302 e. The van der Waals surface area contributed by atoms with Gasteiger partial charge in [0.05, 0.1) is 0 Å². The molecule has 15 heavy (non-hydrogen) atoms. The molecule has 2 aromatic heterocycles. The molecule has 76 valence electrons. The van der Waals surface area contributed by atoms with Crippen molar-refractivity contribution in [1.29, 1.82) is 0 Å². The van der Waals surface area contributed by atoms with E-state index in [1.54, 1.807) is 12.4 Å². The molecular formula is C13H14N2. The molecule has 1 atom stereocenters. The summed E-state index contributed by atoms with van der Waals surface area (Å²) < 4.78 is 0. The van der Waals surface area contributed by atoms with E-state index >= 15 is 0 Å². The molecule has 2 aromatic rings. The van der Waals surface area contributed by atoms with Crippen molar-refractivity contribution in [3.05, 3.63) is 60.2 Å². The first kappa shape index (κ1) is 9.84. The van der Waals surface area contributed by atoms with Gasteiger partial charge < -0.3 is 0 Å². The summed E-state index contributed by atoms with van der Waals surface area (Å²) in [6.07, 6.45) is 8.48. The summed E-state index contributed by atoms with van der Waals surface area (Å²) in [5.74, 6) is 0.489. The van der Waals surface area contributed by atoms with Crippen molar-refractivity contribution in [2.24, 2.45) is 0 Å². The quantitative estimate of drug-likeness (QED) is 0.757. The molecule has 0 saturated heterocycles. The lowest BCUT2D eigenvalue weighted by atomic mass is 9.96. The number of hydrogen-bond acceptors (Lipinski definition) is 2. The van der Waals surface area contributed by atoms with Crippen LogP contribution in [-0.4, -0.2) is 9.97 Å². The molecule has 0 saturated carbocycles. The first-order valence-corrected chi connectivity index (χ1v) is 5.15. The van der Waals surface area contributed by atoms with Gasteiger partial charge in [0.25, 0.3) is 0 Å². The van der Waals surface area contributed by atoms with Crippen LogP contribution < -0.4 is 0 Å². The fraction of sp³-hybridized carbons (Fsp3) is 0.231.